The number of methoxy groups -OCH3 is 2. The monoisotopic (exact) mass is 274 g/mol. The highest BCUT2D eigenvalue weighted by Gasteiger charge is 2.42. The predicted octanol–water partition coefficient (Wildman–Crippen LogP) is 2.43. The van der Waals surface area contributed by atoms with Gasteiger partial charge in [0.2, 0.25) is 0 Å². The fourth-order valence-corrected chi connectivity index (χ4v) is 3.46. The van der Waals surface area contributed by atoms with Crippen LogP contribution in [0.1, 0.15) is 35.2 Å². The van der Waals surface area contributed by atoms with Gasteiger partial charge in [-0.3, -0.25) is 9.59 Å². The summed E-state index contributed by atoms with van der Waals surface area (Å²) < 4.78 is 10.6. The van der Waals surface area contributed by atoms with Gasteiger partial charge in [-0.2, -0.15) is 0 Å². The SMILES string of the molecule is COc1cc2c(c(OC)c1)C(=O)[C@H]1CCCC(=O)[C@@H]1C2. The van der Waals surface area contributed by atoms with Gasteiger partial charge in [0, 0.05) is 24.3 Å². The Bertz CT molecular complexity index is 576. The van der Waals surface area contributed by atoms with Crippen LogP contribution in [-0.4, -0.2) is 25.8 Å². The number of ketones is 2. The molecule has 106 valence electrons. The molecule has 20 heavy (non-hydrogen) atoms. The van der Waals surface area contributed by atoms with E-state index in [4.69, 9.17) is 9.47 Å². The standard InChI is InChI=1S/C16H18O4/c1-19-10-6-9-7-12-11(4-3-5-13(12)17)16(18)15(9)14(8-10)20-2/h6,8,11-12H,3-5,7H2,1-2H3/t11-,12+/m0/s1. The molecule has 0 unspecified atom stereocenters. The lowest BCUT2D eigenvalue weighted by Crippen LogP contribution is -2.39. The Morgan fingerprint density at radius 1 is 1.10 bits per heavy atom. The molecule has 0 bridgehead atoms. The maximum atomic E-state index is 12.7. The van der Waals surface area contributed by atoms with E-state index in [1.165, 1.54) is 0 Å². The van der Waals surface area contributed by atoms with Gasteiger partial charge in [0.25, 0.3) is 0 Å². The minimum Gasteiger partial charge on any atom is -0.497 e. The van der Waals surface area contributed by atoms with Gasteiger partial charge < -0.3 is 9.47 Å². The summed E-state index contributed by atoms with van der Waals surface area (Å²) in [6.45, 7) is 0. The number of hydrogen-bond acceptors (Lipinski definition) is 4. The Morgan fingerprint density at radius 3 is 2.60 bits per heavy atom. The highest BCUT2D eigenvalue weighted by molar-refractivity contribution is 6.06. The molecule has 1 saturated carbocycles. The van der Waals surface area contributed by atoms with Crippen LogP contribution >= 0.6 is 0 Å². The lowest BCUT2D eigenvalue weighted by Gasteiger charge is -2.34. The van der Waals surface area contributed by atoms with Crippen molar-refractivity contribution in [2.45, 2.75) is 25.7 Å². The van der Waals surface area contributed by atoms with Gasteiger partial charge in [-0.25, -0.2) is 0 Å². The molecule has 0 heterocycles. The first kappa shape index (κ1) is 13.2. The molecule has 2 aliphatic rings. The quantitative estimate of drug-likeness (QED) is 0.831. The molecule has 3 rings (SSSR count). The van der Waals surface area contributed by atoms with Crippen LogP contribution in [0.25, 0.3) is 0 Å². The molecule has 1 aromatic carbocycles. The van der Waals surface area contributed by atoms with Gasteiger partial charge >= 0.3 is 0 Å². The molecule has 0 aliphatic heterocycles. The Morgan fingerprint density at radius 2 is 1.90 bits per heavy atom. The highest BCUT2D eigenvalue weighted by atomic mass is 16.5. The zero-order valence-electron chi connectivity index (χ0n) is 11.8. The number of carbonyl (C=O) groups is 2. The van der Waals surface area contributed by atoms with Crippen molar-refractivity contribution >= 4 is 11.6 Å². The molecular weight excluding hydrogens is 256 g/mol. The molecule has 1 fully saturated rings. The maximum Gasteiger partial charge on any atom is 0.170 e. The molecule has 0 saturated heterocycles. The predicted molar refractivity (Wildman–Crippen MR) is 73.4 cm³/mol. The summed E-state index contributed by atoms with van der Waals surface area (Å²) in [6.07, 6.45) is 2.85. The van der Waals surface area contributed by atoms with Crippen LogP contribution in [0.2, 0.25) is 0 Å². The molecule has 4 nitrogen and oxygen atoms in total. The van der Waals surface area contributed by atoms with Gasteiger partial charge in [0.05, 0.1) is 19.8 Å². The van der Waals surface area contributed by atoms with Crippen molar-refractivity contribution in [2.75, 3.05) is 14.2 Å². The van der Waals surface area contributed by atoms with Crippen molar-refractivity contribution in [1.82, 2.24) is 0 Å². The number of Topliss-reactive ketones (excluding diaryl/α,β-unsaturated/α-hetero) is 2. The number of benzene rings is 1. The molecular formula is C16H18O4. The van der Waals surface area contributed by atoms with Gasteiger partial charge in [-0.05, 0) is 30.9 Å². The van der Waals surface area contributed by atoms with Crippen molar-refractivity contribution in [3.63, 3.8) is 0 Å². The van der Waals surface area contributed by atoms with Crippen molar-refractivity contribution in [3.8, 4) is 11.5 Å². The molecule has 2 atom stereocenters. The second kappa shape index (κ2) is 4.93. The molecule has 0 N–H and O–H groups in total. The Labute approximate surface area is 118 Å². The largest absolute Gasteiger partial charge is 0.497 e. The molecule has 0 radical (unpaired) electrons. The number of fused-ring (bicyclic) bond motifs is 2. The smallest absolute Gasteiger partial charge is 0.170 e. The zero-order chi connectivity index (χ0) is 14.3. The van der Waals surface area contributed by atoms with Crippen LogP contribution in [0.15, 0.2) is 12.1 Å². The number of carbonyl (C=O) groups excluding carboxylic acids is 2. The molecule has 0 amide bonds. The van der Waals surface area contributed by atoms with Crippen molar-refractivity contribution in [1.29, 1.82) is 0 Å². The number of ether oxygens (including phenoxy) is 2. The summed E-state index contributed by atoms with van der Waals surface area (Å²) in [5, 5.41) is 0. The summed E-state index contributed by atoms with van der Waals surface area (Å²) in [5.74, 6) is 1.19. The highest BCUT2D eigenvalue weighted by Crippen LogP contribution is 2.42. The summed E-state index contributed by atoms with van der Waals surface area (Å²) in [7, 11) is 3.14. The van der Waals surface area contributed by atoms with Gasteiger partial charge in [0.15, 0.2) is 5.78 Å². The first-order chi connectivity index (χ1) is 9.65. The van der Waals surface area contributed by atoms with Crippen LogP contribution in [0.4, 0.5) is 0 Å². The normalized spacial score (nSPS) is 24.9. The molecule has 0 aromatic heterocycles. The van der Waals surface area contributed by atoms with Crippen molar-refractivity contribution < 1.29 is 19.1 Å². The Kier molecular flexibility index (Phi) is 3.24. The molecule has 2 aliphatic carbocycles. The van der Waals surface area contributed by atoms with E-state index in [0.29, 0.717) is 29.9 Å². The number of rotatable bonds is 2. The Hall–Kier alpha value is -1.84. The second-order valence-corrected chi connectivity index (χ2v) is 5.50. The van der Waals surface area contributed by atoms with Crippen LogP contribution < -0.4 is 9.47 Å². The van der Waals surface area contributed by atoms with Gasteiger partial charge in [-0.1, -0.05) is 0 Å². The first-order valence-corrected chi connectivity index (χ1v) is 6.97. The average Bonchev–Trinajstić information content (AvgIpc) is 2.47. The van der Waals surface area contributed by atoms with E-state index in [-0.39, 0.29) is 23.4 Å². The molecule has 0 spiro atoms. The van der Waals surface area contributed by atoms with Crippen LogP contribution in [-0.2, 0) is 11.2 Å². The van der Waals surface area contributed by atoms with E-state index in [1.54, 1.807) is 20.3 Å². The van der Waals surface area contributed by atoms with E-state index in [2.05, 4.69) is 0 Å². The minimum absolute atomic E-state index is 0.0591. The summed E-state index contributed by atoms with van der Waals surface area (Å²) in [6, 6.07) is 3.59. The topological polar surface area (TPSA) is 52.6 Å². The third-order valence-corrected chi connectivity index (χ3v) is 4.47. The van der Waals surface area contributed by atoms with Crippen LogP contribution in [0.3, 0.4) is 0 Å². The van der Waals surface area contributed by atoms with Crippen molar-refractivity contribution in [3.05, 3.63) is 23.3 Å². The molecule has 1 aromatic rings. The number of hydrogen-bond donors (Lipinski definition) is 0. The summed E-state index contributed by atoms with van der Waals surface area (Å²) in [5.41, 5.74) is 1.52. The molecule has 4 heteroatoms. The lowest BCUT2D eigenvalue weighted by atomic mass is 9.67. The van der Waals surface area contributed by atoms with E-state index in [0.717, 1.165) is 18.4 Å². The summed E-state index contributed by atoms with van der Waals surface area (Å²) >= 11 is 0. The van der Waals surface area contributed by atoms with E-state index < -0.39 is 0 Å². The second-order valence-electron chi connectivity index (χ2n) is 5.50. The van der Waals surface area contributed by atoms with Crippen molar-refractivity contribution in [2.24, 2.45) is 11.8 Å². The summed E-state index contributed by atoms with van der Waals surface area (Å²) in [4.78, 5) is 24.8. The fraction of sp³-hybridized carbons (Fsp3) is 0.500. The zero-order valence-corrected chi connectivity index (χ0v) is 11.8. The first-order valence-electron chi connectivity index (χ1n) is 6.97. The Balaban J connectivity index is 2.11. The van der Waals surface area contributed by atoms with E-state index in [9.17, 15) is 9.59 Å². The van der Waals surface area contributed by atoms with Gasteiger partial charge in [0.1, 0.15) is 17.3 Å². The van der Waals surface area contributed by atoms with E-state index >= 15 is 0 Å². The van der Waals surface area contributed by atoms with Crippen LogP contribution in [0, 0.1) is 11.8 Å². The third kappa shape index (κ3) is 1.90. The fourth-order valence-electron chi connectivity index (χ4n) is 3.46. The minimum atomic E-state index is -0.161. The lowest BCUT2D eigenvalue weighted by molar-refractivity contribution is -0.126. The van der Waals surface area contributed by atoms with Crippen LogP contribution in [0.5, 0.6) is 11.5 Å². The maximum absolute atomic E-state index is 12.7. The van der Waals surface area contributed by atoms with Gasteiger partial charge in [-0.15, -0.1) is 0 Å². The van der Waals surface area contributed by atoms with E-state index in [1.807, 2.05) is 6.07 Å². The average molecular weight is 274 g/mol. The third-order valence-electron chi connectivity index (χ3n) is 4.47.